The van der Waals surface area contributed by atoms with Crippen molar-refractivity contribution in [3.05, 3.63) is 46.9 Å². The topological polar surface area (TPSA) is 66.8 Å². The zero-order chi connectivity index (χ0) is 13.3. The molecule has 0 fully saturated rings. The highest BCUT2D eigenvalue weighted by Gasteiger charge is 2.35. The second-order valence-corrected chi connectivity index (χ2v) is 4.86. The van der Waals surface area contributed by atoms with Gasteiger partial charge in [0.2, 0.25) is 5.76 Å². The maximum Gasteiger partial charge on any atom is 0.378 e. The van der Waals surface area contributed by atoms with Gasteiger partial charge in [-0.3, -0.25) is 0 Å². The molecule has 2 rings (SSSR count). The van der Waals surface area contributed by atoms with E-state index in [9.17, 15) is 15.0 Å². The summed E-state index contributed by atoms with van der Waals surface area (Å²) in [6.07, 6.45) is 0.0863. The predicted molar refractivity (Wildman–Crippen MR) is 66.1 cm³/mol. The number of aliphatic hydroxyl groups excluding tert-OH is 2. The Morgan fingerprint density at radius 3 is 2.28 bits per heavy atom. The minimum atomic E-state index is -0.885. The number of rotatable bonds is 3. The van der Waals surface area contributed by atoms with Gasteiger partial charge in [-0.05, 0) is 17.9 Å². The fourth-order valence-electron chi connectivity index (χ4n) is 1.97. The quantitative estimate of drug-likeness (QED) is 0.807. The summed E-state index contributed by atoms with van der Waals surface area (Å²) in [7, 11) is 0. The molecule has 1 atom stereocenters. The number of ether oxygens (including phenoxy) is 1. The summed E-state index contributed by atoms with van der Waals surface area (Å²) < 4.78 is 4.88. The zero-order valence-electron chi connectivity index (χ0n) is 10.4. The Morgan fingerprint density at radius 1 is 1.22 bits per heavy atom. The van der Waals surface area contributed by atoms with Crippen LogP contribution < -0.4 is 0 Å². The first-order valence-corrected chi connectivity index (χ1v) is 5.91. The van der Waals surface area contributed by atoms with E-state index >= 15 is 0 Å². The lowest BCUT2D eigenvalue weighted by atomic mass is 10.00. The van der Waals surface area contributed by atoms with Crippen LogP contribution in [0, 0.1) is 5.92 Å². The van der Waals surface area contributed by atoms with Crippen LogP contribution in [-0.4, -0.2) is 16.2 Å². The summed E-state index contributed by atoms with van der Waals surface area (Å²) in [5.74, 6) is -1.44. The van der Waals surface area contributed by atoms with Crippen LogP contribution in [-0.2, 0) is 16.0 Å². The van der Waals surface area contributed by atoms with Crippen LogP contribution in [0.15, 0.2) is 35.8 Å². The molecule has 0 unspecified atom stereocenters. The number of esters is 1. The monoisotopic (exact) mass is 248 g/mol. The molecular weight excluding hydrogens is 232 g/mol. The molecule has 2 N–H and O–H groups in total. The number of hydrogen-bond donors (Lipinski definition) is 2. The van der Waals surface area contributed by atoms with Crippen molar-refractivity contribution in [2.24, 2.45) is 5.92 Å². The Balaban J connectivity index is 2.19. The van der Waals surface area contributed by atoms with E-state index in [4.69, 9.17) is 4.74 Å². The van der Waals surface area contributed by atoms with Crippen molar-refractivity contribution < 1.29 is 19.7 Å². The largest absolute Gasteiger partial charge is 0.505 e. The molecule has 0 amide bonds. The van der Waals surface area contributed by atoms with Gasteiger partial charge >= 0.3 is 5.97 Å². The smallest absolute Gasteiger partial charge is 0.378 e. The first-order chi connectivity index (χ1) is 8.49. The highest BCUT2D eigenvalue weighted by atomic mass is 16.6. The third kappa shape index (κ3) is 2.32. The maximum absolute atomic E-state index is 11.1. The van der Waals surface area contributed by atoms with Gasteiger partial charge in [0.05, 0.1) is 0 Å². The van der Waals surface area contributed by atoms with Crippen LogP contribution in [0.5, 0.6) is 0 Å². The molecule has 0 bridgehead atoms. The molecule has 0 spiro atoms. The van der Waals surface area contributed by atoms with Crippen molar-refractivity contribution in [3.63, 3.8) is 0 Å². The van der Waals surface area contributed by atoms with Crippen LogP contribution in [0.25, 0.3) is 0 Å². The fraction of sp³-hybridized carbons (Fsp3) is 0.357. The van der Waals surface area contributed by atoms with E-state index < -0.39 is 23.6 Å². The molecule has 1 heterocycles. The van der Waals surface area contributed by atoms with E-state index in [1.165, 1.54) is 5.56 Å². The van der Waals surface area contributed by atoms with Gasteiger partial charge in [-0.2, -0.15) is 0 Å². The molecule has 4 nitrogen and oxygen atoms in total. The molecule has 0 aromatic heterocycles. The Labute approximate surface area is 106 Å². The number of carbonyl (C=O) groups is 1. The molecule has 1 aromatic rings. The molecule has 1 aliphatic rings. The number of hydrogen-bond acceptors (Lipinski definition) is 4. The molecule has 96 valence electrons. The summed E-state index contributed by atoms with van der Waals surface area (Å²) in [6.45, 7) is 4.28. The van der Waals surface area contributed by atoms with E-state index in [0.29, 0.717) is 11.5 Å². The number of benzene rings is 1. The van der Waals surface area contributed by atoms with Gasteiger partial charge in [-0.15, -0.1) is 0 Å². The minimum Gasteiger partial charge on any atom is -0.505 e. The van der Waals surface area contributed by atoms with Crippen LogP contribution in [0.4, 0.5) is 0 Å². The Hall–Kier alpha value is -1.97. The Bertz CT molecular complexity index is 485. The van der Waals surface area contributed by atoms with Crippen LogP contribution in [0.2, 0.25) is 0 Å². The van der Waals surface area contributed by atoms with Crippen LogP contribution in [0.1, 0.15) is 31.1 Å². The highest BCUT2D eigenvalue weighted by molar-refractivity contribution is 5.89. The van der Waals surface area contributed by atoms with Crippen molar-refractivity contribution in [1.82, 2.24) is 0 Å². The fourth-order valence-corrected chi connectivity index (χ4v) is 1.97. The summed E-state index contributed by atoms with van der Waals surface area (Å²) in [6, 6.07) is 7.46. The maximum atomic E-state index is 11.1. The zero-order valence-corrected chi connectivity index (χ0v) is 10.4. The van der Waals surface area contributed by atoms with Crippen LogP contribution >= 0.6 is 0 Å². The van der Waals surface area contributed by atoms with Gasteiger partial charge < -0.3 is 14.9 Å². The number of carbonyl (C=O) groups excluding carboxylic acids is 1. The number of aliphatic hydroxyl groups is 2. The lowest BCUT2D eigenvalue weighted by Crippen LogP contribution is -2.03. The SMILES string of the molecule is CC(C)Cc1ccc([C@@H]2OC(=O)C(O)=C2O)cc1. The third-order valence-electron chi connectivity index (χ3n) is 2.84. The van der Waals surface area contributed by atoms with Crippen molar-refractivity contribution in [2.75, 3.05) is 0 Å². The summed E-state index contributed by atoms with van der Waals surface area (Å²) in [5, 5.41) is 18.8. The summed E-state index contributed by atoms with van der Waals surface area (Å²) in [4.78, 5) is 11.1. The predicted octanol–water partition coefficient (Wildman–Crippen LogP) is 2.81. The Kier molecular flexibility index (Phi) is 3.28. The van der Waals surface area contributed by atoms with E-state index in [0.717, 1.165) is 6.42 Å². The van der Waals surface area contributed by atoms with Gasteiger partial charge in [-0.25, -0.2) is 4.79 Å². The van der Waals surface area contributed by atoms with Crippen molar-refractivity contribution >= 4 is 5.97 Å². The van der Waals surface area contributed by atoms with Gasteiger partial charge in [0, 0.05) is 5.56 Å². The van der Waals surface area contributed by atoms with Crippen LogP contribution in [0.3, 0.4) is 0 Å². The molecule has 4 heteroatoms. The second kappa shape index (κ2) is 4.72. The van der Waals surface area contributed by atoms with Crippen molar-refractivity contribution in [1.29, 1.82) is 0 Å². The van der Waals surface area contributed by atoms with E-state index in [1.54, 1.807) is 12.1 Å². The average Bonchev–Trinajstić information content (AvgIpc) is 2.57. The minimum absolute atomic E-state index is 0.420. The molecule has 0 radical (unpaired) electrons. The van der Waals surface area contributed by atoms with E-state index in [2.05, 4.69) is 13.8 Å². The molecule has 1 aromatic carbocycles. The van der Waals surface area contributed by atoms with E-state index in [1.807, 2.05) is 12.1 Å². The first-order valence-electron chi connectivity index (χ1n) is 5.91. The lowest BCUT2D eigenvalue weighted by molar-refractivity contribution is -0.142. The summed E-state index contributed by atoms with van der Waals surface area (Å²) in [5.41, 5.74) is 1.84. The van der Waals surface area contributed by atoms with Crippen molar-refractivity contribution in [3.8, 4) is 0 Å². The van der Waals surface area contributed by atoms with E-state index in [-0.39, 0.29) is 0 Å². The van der Waals surface area contributed by atoms with Gasteiger partial charge in [0.1, 0.15) is 0 Å². The molecular formula is C14H16O4. The lowest BCUT2D eigenvalue weighted by Gasteiger charge is -2.11. The highest BCUT2D eigenvalue weighted by Crippen LogP contribution is 2.32. The number of cyclic esters (lactones) is 1. The Morgan fingerprint density at radius 2 is 1.83 bits per heavy atom. The van der Waals surface area contributed by atoms with Gasteiger partial charge in [-0.1, -0.05) is 38.1 Å². The molecule has 1 aliphatic heterocycles. The standard InChI is InChI=1S/C14H16O4/c1-8(2)7-9-3-5-10(6-4-9)13-11(15)12(16)14(17)18-13/h3-6,8,13,15-16H,7H2,1-2H3/t13-/m0/s1. The summed E-state index contributed by atoms with van der Waals surface area (Å²) >= 11 is 0. The normalized spacial score (nSPS) is 19.5. The molecule has 0 saturated carbocycles. The van der Waals surface area contributed by atoms with Gasteiger partial charge in [0.15, 0.2) is 11.9 Å². The molecule has 18 heavy (non-hydrogen) atoms. The first kappa shape index (κ1) is 12.5. The average molecular weight is 248 g/mol. The third-order valence-corrected chi connectivity index (χ3v) is 2.84. The van der Waals surface area contributed by atoms with Crippen molar-refractivity contribution in [2.45, 2.75) is 26.4 Å². The van der Waals surface area contributed by atoms with Gasteiger partial charge in [0.25, 0.3) is 0 Å². The molecule has 0 saturated heterocycles. The second-order valence-electron chi connectivity index (χ2n) is 4.86. The molecule has 0 aliphatic carbocycles.